The summed E-state index contributed by atoms with van der Waals surface area (Å²) in [6, 6.07) is 3.58. The predicted octanol–water partition coefficient (Wildman–Crippen LogP) is 1.48. The number of aromatic nitrogens is 1. The molecule has 0 bridgehead atoms. The van der Waals surface area contributed by atoms with Crippen LogP contribution in [0.2, 0.25) is 0 Å². The van der Waals surface area contributed by atoms with Crippen LogP contribution in [0.3, 0.4) is 0 Å². The van der Waals surface area contributed by atoms with Crippen LogP contribution in [0.15, 0.2) is 23.6 Å². The summed E-state index contributed by atoms with van der Waals surface area (Å²) < 4.78 is 0. The van der Waals surface area contributed by atoms with Crippen molar-refractivity contribution < 1.29 is 0 Å². The summed E-state index contributed by atoms with van der Waals surface area (Å²) in [5, 5.41) is 2.48. The van der Waals surface area contributed by atoms with Crippen LogP contribution in [0.25, 0.3) is 0 Å². The van der Waals surface area contributed by atoms with E-state index in [4.69, 9.17) is 0 Å². The second-order valence-corrected chi connectivity index (χ2v) is 1.92. The number of hydrogen-bond donors (Lipinski definition) is 1. The quantitative estimate of drug-likeness (QED) is 0.496. The zero-order chi connectivity index (χ0) is 7.40. The molecule has 0 radical (unpaired) electrons. The maximum absolute atomic E-state index is 9.68. The van der Waals surface area contributed by atoms with Gasteiger partial charge in [-0.15, -0.1) is 4.91 Å². The second kappa shape index (κ2) is 2.91. The summed E-state index contributed by atoms with van der Waals surface area (Å²) in [7, 11) is 0. The van der Waals surface area contributed by atoms with Crippen molar-refractivity contribution in [1.82, 2.24) is 4.98 Å². The second-order valence-electron chi connectivity index (χ2n) is 1.92. The van der Waals surface area contributed by atoms with Gasteiger partial charge in [0, 0.05) is 6.20 Å². The number of pyridine rings is 1. The van der Waals surface area contributed by atoms with Crippen molar-refractivity contribution in [2.45, 2.75) is 6.92 Å². The molecular weight excluding hydrogens is 130 g/mol. The van der Waals surface area contributed by atoms with Crippen LogP contribution < -0.4 is 5.43 Å². The lowest BCUT2D eigenvalue weighted by atomic mass is 10.3. The van der Waals surface area contributed by atoms with E-state index >= 15 is 0 Å². The SMILES string of the molecule is Cc1ccnc(NN=O)c1. The highest BCUT2D eigenvalue weighted by Crippen LogP contribution is 2.03. The van der Waals surface area contributed by atoms with E-state index in [1.54, 1.807) is 12.3 Å². The number of nitrogens with zero attached hydrogens (tertiary/aromatic N) is 2. The van der Waals surface area contributed by atoms with Crippen LogP contribution in [0, 0.1) is 11.8 Å². The predicted molar refractivity (Wildman–Crippen MR) is 38.4 cm³/mol. The molecule has 0 spiro atoms. The molecule has 0 unspecified atom stereocenters. The molecule has 0 saturated carbocycles. The third-order valence-corrected chi connectivity index (χ3v) is 1.08. The first-order valence-electron chi connectivity index (χ1n) is 2.84. The minimum Gasteiger partial charge on any atom is -0.238 e. The summed E-state index contributed by atoms with van der Waals surface area (Å²) >= 11 is 0. The number of nitrogens with one attached hydrogen (secondary N) is 1. The average molecular weight is 137 g/mol. The fraction of sp³-hybridized carbons (Fsp3) is 0.167. The van der Waals surface area contributed by atoms with Crippen molar-refractivity contribution in [1.29, 1.82) is 0 Å². The third kappa shape index (κ3) is 1.51. The van der Waals surface area contributed by atoms with Crippen molar-refractivity contribution in [2.75, 3.05) is 5.43 Å². The monoisotopic (exact) mass is 137 g/mol. The molecule has 10 heavy (non-hydrogen) atoms. The van der Waals surface area contributed by atoms with Gasteiger partial charge in [0.2, 0.25) is 0 Å². The van der Waals surface area contributed by atoms with E-state index in [1.165, 1.54) is 0 Å². The molecule has 0 aromatic carbocycles. The Morgan fingerprint density at radius 2 is 2.50 bits per heavy atom. The van der Waals surface area contributed by atoms with Crippen LogP contribution in [0.4, 0.5) is 5.82 Å². The topological polar surface area (TPSA) is 54.4 Å². The van der Waals surface area contributed by atoms with E-state index < -0.39 is 0 Å². The molecule has 0 fully saturated rings. The van der Waals surface area contributed by atoms with Crippen molar-refractivity contribution in [3.8, 4) is 0 Å². The Labute approximate surface area is 58.2 Å². The number of anilines is 1. The van der Waals surface area contributed by atoms with Crippen molar-refractivity contribution in [3.05, 3.63) is 28.8 Å². The molecule has 1 heterocycles. The smallest absolute Gasteiger partial charge is 0.149 e. The van der Waals surface area contributed by atoms with Crippen LogP contribution >= 0.6 is 0 Å². The molecule has 0 aliphatic heterocycles. The highest BCUT2D eigenvalue weighted by Gasteiger charge is 1.89. The molecule has 0 amide bonds. The summed E-state index contributed by atoms with van der Waals surface area (Å²) in [6.07, 6.45) is 1.61. The molecule has 4 heteroatoms. The molecule has 4 nitrogen and oxygen atoms in total. The Morgan fingerprint density at radius 3 is 3.10 bits per heavy atom. The minimum atomic E-state index is 0.481. The Balaban J connectivity index is 2.84. The van der Waals surface area contributed by atoms with Gasteiger partial charge in [0.1, 0.15) is 5.82 Å². The largest absolute Gasteiger partial charge is 0.238 e. The van der Waals surface area contributed by atoms with E-state index in [0.717, 1.165) is 5.56 Å². The number of aryl methyl sites for hydroxylation is 1. The van der Waals surface area contributed by atoms with Gasteiger partial charge in [-0.3, -0.25) is 0 Å². The maximum Gasteiger partial charge on any atom is 0.149 e. The van der Waals surface area contributed by atoms with Gasteiger partial charge in [0.15, 0.2) is 0 Å². The molecule has 0 aliphatic rings. The number of hydrogen-bond acceptors (Lipinski definition) is 3. The Bertz CT molecular complexity index is 236. The molecule has 52 valence electrons. The summed E-state index contributed by atoms with van der Waals surface area (Å²) in [4.78, 5) is 13.5. The molecule has 1 rings (SSSR count). The number of nitroso groups, excluding NO2 is 1. The normalized spacial score (nSPS) is 8.90. The van der Waals surface area contributed by atoms with Crippen molar-refractivity contribution in [3.63, 3.8) is 0 Å². The highest BCUT2D eigenvalue weighted by atomic mass is 16.3. The first-order chi connectivity index (χ1) is 4.83. The standard InChI is InChI=1S/C6H7N3O/c1-5-2-3-7-6(4-5)8-9-10/h2-4H,1H3,(H,7,8,10). The van der Waals surface area contributed by atoms with Crippen LogP contribution in [-0.4, -0.2) is 4.98 Å². The maximum atomic E-state index is 9.68. The molecule has 1 aromatic rings. The third-order valence-electron chi connectivity index (χ3n) is 1.08. The van der Waals surface area contributed by atoms with Gasteiger partial charge in [0.25, 0.3) is 0 Å². The Kier molecular flexibility index (Phi) is 1.94. The Hall–Kier alpha value is -1.45. The van der Waals surface area contributed by atoms with Gasteiger partial charge in [-0.1, -0.05) is 0 Å². The van der Waals surface area contributed by atoms with E-state index in [9.17, 15) is 4.91 Å². The van der Waals surface area contributed by atoms with Gasteiger partial charge < -0.3 is 0 Å². The fourth-order valence-corrected chi connectivity index (χ4v) is 0.644. The molecule has 0 aliphatic carbocycles. The van der Waals surface area contributed by atoms with Gasteiger partial charge in [-0.2, -0.15) is 0 Å². The van der Waals surface area contributed by atoms with E-state index in [1.807, 2.05) is 13.0 Å². The Morgan fingerprint density at radius 1 is 1.70 bits per heavy atom. The van der Waals surface area contributed by atoms with Crippen LogP contribution in [-0.2, 0) is 0 Å². The highest BCUT2D eigenvalue weighted by molar-refractivity contribution is 5.35. The summed E-state index contributed by atoms with van der Waals surface area (Å²) in [6.45, 7) is 1.91. The van der Waals surface area contributed by atoms with Gasteiger partial charge in [-0.25, -0.2) is 10.4 Å². The first kappa shape index (κ1) is 6.67. The summed E-state index contributed by atoms with van der Waals surface area (Å²) in [5.74, 6) is 0.481. The molecular formula is C6H7N3O. The van der Waals surface area contributed by atoms with Crippen molar-refractivity contribution in [2.24, 2.45) is 5.29 Å². The lowest BCUT2D eigenvalue weighted by Crippen LogP contribution is -1.89. The summed E-state index contributed by atoms with van der Waals surface area (Å²) in [5.41, 5.74) is 3.25. The average Bonchev–Trinajstić information content (AvgIpc) is 1.88. The van der Waals surface area contributed by atoms with E-state index in [2.05, 4.69) is 15.7 Å². The van der Waals surface area contributed by atoms with E-state index in [0.29, 0.717) is 5.82 Å². The van der Waals surface area contributed by atoms with Crippen LogP contribution in [0.5, 0.6) is 0 Å². The van der Waals surface area contributed by atoms with Crippen LogP contribution in [0.1, 0.15) is 5.56 Å². The first-order valence-corrected chi connectivity index (χ1v) is 2.84. The zero-order valence-corrected chi connectivity index (χ0v) is 5.53. The van der Waals surface area contributed by atoms with Gasteiger partial charge in [0.05, 0.1) is 5.29 Å². The molecule has 0 saturated heterocycles. The lowest BCUT2D eigenvalue weighted by Gasteiger charge is -1.94. The van der Waals surface area contributed by atoms with Gasteiger partial charge >= 0.3 is 0 Å². The van der Waals surface area contributed by atoms with Crippen molar-refractivity contribution >= 4 is 5.82 Å². The van der Waals surface area contributed by atoms with E-state index in [-0.39, 0.29) is 0 Å². The molecule has 1 N–H and O–H groups in total. The molecule has 0 atom stereocenters. The van der Waals surface area contributed by atoms with Gasteiger partial charge in [-0.05, 0) is 24.6 Å². The fourth-order valence-electron chi connectivity index (χ4n) is 0.644. The number of rotatable bonds is 2. The molecule has 1 aromatic heterocycles. The lowest BCUT2D eigenvalue weighted by molar-refractivity contribution is 1.20. The zero-order valence-electron chi connectivity index (χ0n) is 5.53. The minimum absolute atomic E-state index is 0.481.